The third kappa shape index (κ3) is 5.54. The van der Waals surface area contributed by atoms with Crippen LogP contribution in [0.1, 0.15) is 5.56 Å². The summed E-state index contributed by atoms with van der Waals surface area (Å²) in [4.78, 5) is 11.1. The van der Waals surface area contributed by atoms with Gasteiger partial charge < -0.3 is 20.4 Å². The number of rotatable bonds is 4. The van der Waals surface area contributed by atoms with Crippen molar-refractivity contribution in [3.05, 3.63) is 84.8 Å². The highest BCUT2D eigenvalue weighted by Gasteiger charge is 2.15. The number of ether oxygens (including phenoxy) is 1. The second-order valence-corrected chi connectivity index (χ2v) is 8.36. The highest BCUT2D eigenvalue weighted by atomic mass is 16.5. The summed E-state index contributed by atoms with van der Waals surface area (Å²) in [7, 11) is 1.84. The fraction of sp³-hybridized carbons (Fsp3) is 0.222. The van der Waals surface area contributed by atoms with Gasteiger partial charge in [-0.25, -0.2) is 4.98 Å². The van der Waals surface area contributed by atoms with E-state index in [-0.39, 0.29) is 5.48 Å². The molecule has 0 atom stereocenters. The third-order valence-electron chi connectivity index (χ3n) is 5.98. The van der Waals surface area contributed by atoms with Crippen molar-refractivity contribution in [2.24, 2.45) is 0 Å². The summed E-state index contributed by atoms with van der Waals surface area (Å²) in [6.45, 7) is 5.53. The Morgan fingerprint density at radius 3 is 2.39 bits per heavy atom. The largest absolute Gasteiger partial charge is 0.412 e. The molecule has 5 aromatic rings. The SMILES string of the molecule is CNc1cc(-c2ccncc2)[nH]n1.Cc1ccc(-c2cn3c(N4CCOCC4)cccc3n2)cc1.O. The van der Waals surface area contributed by atoms with Crippen molar-refractivity contribution in [3.8, 4) is 22.5 Å². The molecule has 5 heterocycles. The zero-order valence-corrected chi connectivity index (χ0v) is 20.5. The van der Waals surface area contributed by atoms with Gasteiger partial charge in [0.1, 0.15) is 17.3 Å². The van der Waals surface area contributed by atoms with Gasteiger partial charge in [0.15, 0.2) is 0 Å². The Labute approximate surface area is 210 Å². The number of benzene rings is 1. The first-order chi connectivity index (χ1) is 17.2. The number of aromatic amines is 1. The third-order valence-corrected chi connectivity index (χ3v) is 5.98. The second kappa shape index (κ2) is 11.5. The topological polar surface area (TPSA) is 115 Å². The van der Waals surface area contributed by atoms with Crippen molar-refractivity contribution in [1.29, 1.82) is 0 Å². The minimum Gasteiger partial charge on any atom is -0.412 e. The van der Waals surface area contributed by atoms with E-state index in [4.69, 9.17) is 9.72 Å². The Balaban J connectivity index is 0.000000187. The molecule has 0 unspecified atom stereocenters. The normalized spacial score (nSPS) is 13.0. The minimum absolute atomic E-state index is 0. The lowest BCUT2D eigenvalue weighted by molar-refractivity contribution is 0.122. The van der Waals surface area contributed by atoms with E-state index in [2.05, 4.69) is 85.4 Å². The van der Waals surface area contributed by atoms with Gasteiger partial charge in [-0.15, -0.1) is 0 Å². The molecule has 0 radical (unpaired) electrons. The fourth-order valence-electron chi connectivity index (χ4n) is 4.04. The minimum atomic E-state index is 0. The first-order valence-corrected chi connectivity index (χ1v) is 11.7. The van der Waals surface area contributed by atoms with E-state index in [1.54, 1.807) is 12.4 Å². The number of H-pyrrole nitrogens is 1. The molecule has 4 N–H and O–H groups in total. The molecule has 1 saturated heterocycles. The average Bonchev–Trinajstić information content (AvgIpc) is 3.58. The second-order valence-electron chi connectivity index (χ2n) is 8.36. The molecular formula is C27H31N7O2. The van der Waals surface area contributed by atoms with Crippen molar-refractivity contribution in [2.45, 2.75) is 6.92 Å². The van der Waals surface area contributed by atoms with Crippen molar-refractivity contribution >= 4 is 17.3 Å². The van der Waals surface area contributed by atoms with Crippen LogP contribution in [0.3, 0.4) is 0 Å². The molecule has 0 saturated carbocycles. The van der Waals surface area contributed by atoms with Crippen LogP contribution in [0.15, 0.2) is 79.3 Å². The van der Waals surface area contributed by atoms with Crippen LogP contribution in [0.25, 0.3) is 28.2 Å². The summed E-state index contributed by atoms with van der Waals surface area (Å²) in [5.41, 5.74) is 6.50. The van der Waals surface area contributed by atoms with Gasteiger partial charge in [-0.1, -0.05) is 35.9 Å². The number of fused-ring (bicyclic) bond motifs is 1. The van der Waals surface area contributed by atoms with Crippen molar-refractivity contribution in [2.75, 3.05) is 43.6 Å². The maximum atomic E-state index is 5.45. The van der Waals surface area contributed by atoms with Gasteiger partial charge in [0.05, 0.1) is 24.6 Å². The van der Waals surface area contributed by atoms with Gasteiger partial charge in [-0.3, -0.25) is 14.5 Å². The first kappa shape index (κ1) is 24.9. The lowest BCUT2D eigenvalue weighted by Crippen LogP contribution is -2.37. The van der Waals surface area contributed by atoms with Crippen LogP contribution in [0.5, 0.6) is 0 Å². The number of aromatic nitrogens is 5. The molecule has 9 heteroatoms. The predicted octanol–water partition coefficient (Wildman–Crippen LogP) is 3.84. The molecule has 0 aliphatic carbocycles. The molecule has 1 aliphatic rings. The van der Waals surface area contributed by atoms with Crippen LogP contribution in [0, 0.1) is 6.92 Å². The lowest BCUT2D eigenvalue weighted by Gasteiger charge is -2.29. The molecular weight excluding hydrogens is 454 g/mol. The highest BCUT2D eigenvalue weighted by Crippen LogP contribution is 2.24. The summed E-state index contributed by atoms with van der Waals surface area (Å²) < 4.78 is 7.63. The molecule has 4 aromatic heterocycles. The molecule has 1 aliphatic heterocycles. The Morgan fingerprint density at radius 1 is 0.944 bits per heavy atom. The number of hydrogen-bond acceptors (Lipinski definition) is 6. The van der Waals surface area contributed by atoms with Crippen LogP contribution >= 0.6 is 0 Å². The first-order valence-electron chi connectivity index (χ1n) is 11.7. The van der Waals surface area contributed by atoms with Crippen molar-refractivity contribution < 1.29 is 10.2 Å². The van der Waals surface area contributed by atoms with Gasteiger partial charge in [0.2, 0.25) is 0 Å². The number of aryl methyl sites for hydroxylation is 1. The zero-order valence-electron chi connectivity index (χ0n) is 20.5. The molecule has 36 heavy (non-hydrogen) atoms. The maximum Gasteiger partial charge on any atom is 0.148 e. The number of imidazole rings is 1. The molecule has 0 amide bonds. The Bertz CT molecular complexity index is 1370. The number of anilines is 2. The Morgan fingerprint density at radius 2 is 1.69 bits per heavy atom. The van der Waals surface area contributed by atoms with Crippen LogP contribution in [-0.2, 0) is 4.74 Å². The van der Waals surface area contributed by atoms with Crippen LogP contribution in [0.2, 0.25) is 0 Å². The van der Waals surface area contributed by atoms with Crippen LogP contribution in [-0.4, -0.2) is 63.4 Å². The molecule has 186 valence electrons. The lowest BCUT2D eigenvalue weighted by atomic mass is 10.1. The highest BCUT2D eigenvalue weighted by molar-refractivity contribution is 5.65. The molecule has 9 nitrogen and oxygen atoms in total. The number of morpholine rings is 1. The Kier molecular flexibility index (Phi) is 7.94. The zero-order chi connectivity index (χ0) is 24.0. The van der Waals surface area contributed by atoms with Gasteiger partial charge in [-0.2, -0.15) is 5.10 Å². The summed E-state index contributed by atoms with van der Waals surface area (Å²) >= 11 is 0. The van der Waals surface area contributed by atoms with Crippen molar-refractivity contribution in [1.82, 2.24) is 24.6 Å². The number of hydrogen-bond donors (Lipinski definition) is 2. The van der Waals surface area contributed by atoms with E-state index < -0.39 is 0 Å². The number of pyridine rings is 2. The van der Waals surface area contributed by atoms with Gasteiger partial charge in [-0.05, 0) is 31.2 Å². The average molecular weight is 486 g/mol. The van der Waals surface area contributed by atoms with Crippen molar-refractivity contribution in [3.63, 3.8) is 0 Å². The summed E-state index contributed by atoms with van der Waals surface area (Å²) in [5, 5.41) is 9.95. The van der Waals surface area contributed by atoms with Crippen LogP contribution < -0.4 is 10.2 Å². The van der Waals surface area contributed by atoms with E-state index in [0.29, 0.717) is 0 Å². The van der Waals surface area contributed by atoms with Crippen LogP contribution in [0.4, 0.5) is 11.6 Å². The van der Waals surface area contributed by atoms with Gasteiger partial charge in [0, 0.05) is 55.9 Å². The standard InChI is InChI=1S/C18H19N3O.C9H10N4.H2O/c1-14-5-7-15(8-6-14)16-13-21-17(19-16)3-2-4-18(21)20-9-11-22-12-10-20;1-10-9-6-8(12-13-9)7-2-4-11-5-3-7;/h2-8,13H,9-12H2,1H3;2-6H,1H3,(H2,10,12,13);1H2. The number of nitrogens with zero attached hydrogens (tertiary/aromatic N) is 5. The monoisotopic (exact) mass is 485 g/mol. The van der Waals surface area contributed by atoms with Gasteiger partial charge in [0.25, 0.3) is 0 Å². The summed E-state index contributed by atoms with van der Waals surface area (Å²) in [5.74, 6) is 2.03. The molecule has 1 fully saturated rings. The quantitative estimate of drug-likeness (QED) is 0.400. The molecule has 0 bridgehead atoms. The van der Waals surface area contributed by atoms with E-state index in [9.17, 15) is 0 Å². The van der Waals surface area contributed by atoms with E-state index >= 15 is 0 Å². The maximum absolute atomic E-state index is 5.45. The number of nitrogens with one attached hydrogen (secondary N) is 2. The Hall–Kier alpha value is -4.21. The van der Waals surface area contributed by atoms with E-state index in [0.717, 1.165) is 60.3 Å². The fourth-order valence-corrected chi connectivity index (χ4v) is 4.04. The molecule has 6 rings (SSSR count). The smallest absolute Gasteiger partial charge is 0.148 e. The summed E-state index contributed by atoms with van der Waals surface area (Å²) in [6, 6.07) is 20.6. The molecule has 1 aromatic carbocycles. The summed E-state index contributed by atoms with van der Waals surface area (Å²) in [6.07, 6.45) is 5.65. The van der Waals surface area contributed by atoms with Gasteiger partial charge >= 0.3 is 0 Å². The predicted molar refractivity (Wildman–Crippen MR) is 143 cm³/mol. The van der Waals surface area contributed by atoms with E-state index in [1.165, 1.54) is 11.4 Å². The van der Waals surface area contributed by atoms with E-state index in [1.807, 2.05) is 25.2 Å². The molecule has 0 spiro atoms.